The number of benzene rings is 1. The lowest BCUT2D eigenvalue weighted by molar-refractivity contribution is -0.120. The van der Waals surface area contributed by atoms with Crippen molar-refractivity contribution < 1.29 is 9.90 Å². The summed E-state index contributed by atoms with van der Waals surface area (Å²) in [6, 6.07) is 10.2. The normalized spacial score (nSPS) is 15.6. The number of hydrogen-bond donors (Lipinski definition) is 1. The molecular weight excluding hydrogens is 264 g/mol. The third-order valence-corrected chi connectivity index (χ3v) is 4.25. The molecule has 0 aromatic heterocycles. The van der Waals surface area contributed by atoms with Crippen LogP contribution in [-0.2, 0) is 4.79 Å². The summed E-state index contributed by atoms with van der Waals surface area (Å²) in [5.74, 6) is 0.115. The van der Waals surface area contributed by atoms with E-state index in [0.29, 0.717) is 25.7 Å². The summed E-state index contributed by atoms with van der Waals surface area (Å²) in [5, 5.41) is 9.26. The third-order valence-electron chi connectivity index (χ3n) is 4.25. The van der Waals surface area contributed by atoms with Gasteiger partial charge in [0.2, 0.25) is 5.91 Å². The molecule has 4 heteroatoms. The number of carbonyl (C=O) groups is 1. The van der Waals surface area contributed by atoms with Crippen molar-refractivity contribution in [1.82, 2.24) is 4.90 Å². The number of anilines is 1. The summed E-state index contributed by atoms with van der Waals surface area (Å²) in [6.07, 6.45) is 4.75. The maximum Gasteiger partial charge on any atom is 0.241 e. The van der Waals surface area contributed by atoms with Crippen molar-refractivity contribution in [1.29, 1.82) is 0 Å². The van der Waals surface area contributed by atoms with Crippen LogP contribution in [0.5, 0.6) is 0 Å². The highest BCUT2D eigenvalue weighted by Crippen LogP contribution is 2.23. The smallest absolute Gasteiger partial charge is 0.241 e. The quantitative estimate of drug-likeness (QED) is 0.838. The molecule has 1 aromatic rings. The number of likely N-dealkylation sites (N-methyl/N-ethyl adjacent to an activating group) is 1. The lowest BCUT2D eigenvalue weighted by atomic mass is 10.2. The number of carbonyl (C=O) groups excluding carboxylic acids is 1. The molecule has 0 heterocycles. The van der Waals surface area contributed by atoms with E-state index in [-0.39, 0.29) is 12.5 Å². The molecule has 0 radical (unpaired) electrons. The fraction of sp³-hybridized carbons (Fsp3) is 0.588. The molecule has 0 atom stereocenters. The molecule has 1 fully saturated rings. The number of hydrogen-bond acceptors (Lipinski definition) is 3. The van der Waals surface area contributed by atoms with Gasteiger partial charge in [0.1, 0.15) is 0 Å². The summed E-state index contributed by atoms with van der Waals surface area (Å²) < 4.78 is 0. The lowest BCUT2D eigenvalue weighted by Crippen LogP contribution is -2.45. The molecule has 2 rings (SSSR count). The molecule has 0 unspecified atom stereocenters. The fourth-order valence-corrected chi connectivity index (χ4v) is 3.16. The molecule has 1 aromatic carbocycles. The molecule has 1 saturated carbocycles. The maximum absolute atomic E-state index is 12.6. The van der Waals surface area contributed by atoms with Crippen LogP contribution in [0.15, 0.2) is 30.3 Å². The Morgan fingerprint density at radius 2 is 1.90 bits per heavy atom. The van der Waals surface area contributed by atoms with E-state index in [1.54, 1.807) is 0 Å². The predicted octanol–water partition coefficient (Wildman–Crippen LogP) is 2.28. The number of nitrogens with zero attached hydrogens (tertiary/aromatic N) is 2. The number of aliphatic hydroxyl groups excluding tert-OH is 1. The van der Waals surface area contributed by atoms with Gasteiger partial charge in [-0.3, -0.25) is 9.69 Å². The minimum atomic E-state index is 0.112. The molecule has 0 aliphatic heterocycles. The minimum Gasteiger partial charge on any atom is -0.395 e. The second kappa shape index (κ2) is 8.15. The summed E-state index contributed by atoms with van der Waals surface area (Å²) in [4.78, 5) is 16.6. The van der Waals surface area contributed by atoms with E-state index in [9.17, 15) is 9.90 Å². The summed E-state index contributed by atoms with van der Waals surface area (Å²) in [7, 11) is 0. The van der Waals surface area contributed by atoms with Gasteiger partial charge in [-0.2, -0.15) is 0 Å². The van der Waals surface area contributed by atoms with Crippen LogP contribution >= 0.6 is 0 Å². The van der Waals surface area contributed by atoms with Crippen molar-refractivity contribution >= 4 is 11.6 Å². The van der Waals surface area contributed by atoms with Gasteiger partial charge in [0.05, 0.1) is 13.2 Å². The van der Waals surface area contributed by atoms with E-state index in [1.807, 2.05) is 42.2 Å². The van der Waals surface area contributed by atoms with Gasteiger partial charge in [0.15, 0.2) is 0 Å². The molecule has 1 aliphatic carbocycles. The largest absolute Gasteiger partial charge is 0.395 e. The zero-order valence-corrected chi connectivity index (χ0v) is 12.9. The van der Waals surface area contributed by atoms with Crippen molar-refractivity contribution in [3.63, 3.8) is 0 Å². The first-order valence-corrected chi connectivity index (χ1v) is 7.96. The average Bonchev–Trinajstić information content (AvgIpc) is 3.03. The SMILES string of the molecule is CCN(C(=O)CN(CCO)C1CCCC1)c1ccccc1. The van der Waals surface area contributed by atoms with E-state index in [1.165, 1.54) is 12.8 Å². The first kappa shape index (κ1) is 16.0. The molecule has 4 nitrogen and oxygen atoms in total. The van der Waals surface area contributed by atoms with Gasteiger partial charge >= 0.3 is 0 Å². The highest BCUT2D eigenvalue weighted by atomic mass is 16.3. The summed E-state index contributed by atoms with van der Waals surface area (Å²) in [6.45, 7) is 3.76. The molecule has 1 amide bonds. The van der Waals surface area contributed by atoms with Crippen molar-refractivity contribution in [3.8, 4) is 0 Å². The minimum absolute atomic E-state index is 0.112. The monoisotopic (exact) mass is 290 g/mol. The van der Waals surface area contributed by atoms with Crippen LogP contribution in [0.3, 0.4) is 0 Å². The predicted molar refractivity (Wildman–Crippen MR) is 85.4 cm³/mol. The van der Waals surface area contributed by atoms with Crippen LogP contribution in [0.25, 0.3) is 0 Å². The zero-order chi connectivity index (χ0) is 15.1. The van der Waals surface area contributed by atoms with Gasteiger partial charge in [-0.1, -0.05) is 31.0 Å². The van der Waals surface area contributed by atoms with Crippen LogP contribution in [0, 0.1) is 0 Å². The van der Waals surface area contributed by atoms with Crippen molar-refractivity contribution in [2.45, 2.75) is 38.6 Å². The third kappa shape index (κ3) is 4.29. The fourth-order valence-electron chi connectivity index (χ4n) is 3.16. The second-order valence-corrected chi connectivity index (χ2v) is 5.61. The summed E-state index contributed by atoms with van der Waals surface area (Å²) in [5.41, 5.74) is 0.945. The van der Waals surface area contributed by atoms with Crippen molar-refractivity contribution in [3.05, 3.63) is 30.3 Å². The van der Waals surface area contributed by atoms with E-state index in [0.717, 1.165) is 18.5 Å². The highest BCUT2D eigenvalue weighted by molar-refractivity contribution is 5.94. The van der Waals surface area contributed by atoms with Gasteiger partial charge in [-0.25, -0.2) is 0 Å². The van der Waals surface area contributed by atoms with Gasteiger partial charge < -0.3 is 10.0 Å². The number of amides is 1. The Bertz CT molecular complexity index is 430. The van der Waals surface area contributed by atoms with Crippen LogP contribution < -0.4 is 4.90 Å². The standard InChI is InChI=1S/C17H26N2O2/c1-2-19(16-10-4-3-5-11-16)17(21)14-18(12-13-20)15-8-6-7-9-15/h3-5,10-11,15,20H,2,6-9,12-14H2,1H3. The number of para-hydroxylation sites is 1. The Balaban J connectivity index is 2.02. The number of rotatable bonds is 7. The molecule has 0 saturated heterocycles. The topological polar surface area (TPSA) is 43.8 Å². The average molecular weight is 290 g/mol. The highest BCUT2D eigenvalue weighted by Gasteiger charge is 2.25. The molecule has 116 valence electrons. The van der Waals surface area contributed by atoms with Crippen LogP contribution in [-0.4, -0.2) is 48.2 Å². The molecule has 0 bridgehead atoms. The molecule has 0 spiro atoms. The molecule has 21 heavy (non-hydrogen) atoms. The maximum atomic E-state index is 12.6. The first-order chi connectivity index (χ1) is 10.3. The molecule has 1 aliphatic rings. The number of aliphatic hydroxyl groups is 1. The Hall–Kier alpha value is -1.39. The van der Waals surface area contributed by atoms with Gasteiger partial charge in [-0.05, 0) is 31.9 Å². The van der Waals surface area contributed by atoms with E-state index in [2.05, 4.69) is 4.90 Å². The van der Waals surface area contributed by atoms with Gasteiger partial charge in [0.25, 0.3) is 0 Å². The van der Waals surface area contributed by atoms with Gasteiger partial charge in [-0.15, -0.1) is 0 Å². The molecular formula is C17H26N2O2. The Kier molecular flexibility index (Phi) is 6.21. The Labute approximate surface area is 127 Å². The first-order valence-electron chi connectivity index (χ1n) is 7.96. The summed E-state index contributed by atoms with van der Waals surface area (Å²) >= 11 is 0. The lowest BCUT2D eigenvalue weighted by Gasteiger charge is -2.30. The van der Waals surface area contributed by atoms with E-state index < -0.39 is 0 Å². The van der Waals surface area contributed by atoms with Gasteiger partial charge in [0, 0.05) is 24.8 Å². The molecule has 1 N–H and O–H groups in total. The van der Waals surface area contributed by atoms with Crippen LogP contribution in [0.1, 0.15) is 32.6 Å². The Morgan fingerprint density at radius 3 is 2.48 bits per heavy atom. The zero-order valence-electron chi connectivity index (χ0n) is 12.9. The van der Waals surface area contributed by atoms with Crippen LogP contribution in [0.4, 0.5) is 5.69 Å². The second-order valence-electron chi connectivity index (χ2n) is 5.61. The Morgan fingerprint density at radius 1 is 1.24 bits per heavy atom. The van der Waals surface area contributed by atoms with Crippen LogP contribution in [0.2, 0.25) is 0 Å². The van der Waals surface area contributed by atoms with E-state index in [4.69, 9.17) is 0 Å². The van der Waals surface area contributed by atoms with Crippen molar-refractivity contribution in [2.75, 3.05) is 31.1 Å². The van der Waals surface area contributed by atoms with Crippen molar-refractivity contribution in [2.24, 2.45) is 0 Å². The van der Waals surface area contributed by atoms with E-state index >= 15 is 0 Å².